The number of halogens is 2. The highest BCUT2D eigenvalue weighted by molar-refractivity contribution is 9.10. The van der Waals surface area contributed by atoms with Gasteiger partial charge < -0.3 is 13.9 Å². The highest BCUT2D eigenvalue weighted by atomic mass is 79.9. The Labute approximate surface area is 226 Å². The number of para-hydroxylation sites is 1. The molecule has 3 aromatic carbocycles. The van der Waals surface area contributed by atoms with Crippen molar-refractivity contribution in [1.82, 2.24) is 9.66 Å². The van der Waals surface area contributed by atoms with Crippen molar-refractivity contribution in [3.63, 3.8) is 0 Å². The van der Waals surface area contributed by atoms with Gasteiger partial charge in [-0.25, -0.2) is 4.98 Å². The Bertz CT molecular complexity index is 1710. The fourth-order valence-electron chi connectivity index (χ4n) is 3.91. The van der Waals surface area contributed by atoms with Gasteiger partial charge in [-0.05, 0) is 74.9 Å². The van der Waals surface area contributed by atoms with E-state index in [4.69, 9.17) is 30.5 Å². The summed E-state index contributed by atoms with van der Waals surface area (Å²) in [6.07, 6.45) is 1.46. The lowest BCUT2D eigenvalue weighted by molar-refractivity contribution is 0.224. The summed E-state index contributed by atoms with van der Waals surface area (Å²) in [6, 6.07) is 18.1. The molecule has 0 atom stereocenters. The first-order valence-electron chi connectivity index (χ1n) is 11.7. The molecule has 0 aliphatic carbocycles. The smallest absolute Gasteiger partial charge is 0.282 e. The molecule has 0 aliphatic heterocycles. The van der Waals surface area contributed by atoms with Crippen LogP contribution in [0.25, 0.3) is 33.5 Å². The van der Waals surface area contributed by atoms with E-state index in [9.17, 15) is 4.79 Å². The van der Waals surface area contributed by atoms with Crippen LogP contribution in [-0.4, -0.2) is 28.6 Å². The van der Waals surface area contributed by atoms with Crippen molar-refractivity contribution in [1.29, 1.82) is 0 Å². The average molecular weight is 581 g/mol. The average Bonchev–Trinajstić information content (AvgIpc) is 3.28. The van der Waals surface area contributed by atoms with Gasteiger partial charge >= 0.3 is 0 Å². The van der Waals surface area contributed by atoms with Crippen LogP contribution in [0.15, 0.2) is 79.4 Å². The van der Waals surface area contributed by atoms with Crippen LogP contribution in [0.4, 0.5) is 0 Å². The second-order valence-corrected chi connectivity index (χ2v) is 9.86. The first-order valence-corrected chi connectivity index (χ1v) is 12.9. The van der Waals surface area contributed by atoms with Crippen LogP contribution in [-0.2, 0) is 0 Å². The minimum Gasteiger partial charge on any atom is -0.490 e. The number of ether oxygens (including phenoxy) is 2. The topological polar surface area (TPSA) is 78.9 Å². The molecule has 0 unspecified atom stereocenters. The van der Waals surface area contributed by atoms with E-state index in [0.29, 0.717) is 50.9 Å². The first kappa shape index (κ1) is 25.0. The molecular formula is C28H23BrClN3O4. The zero-order chi connectivity index (χ0) is 26.1. The van der Waals surface area contributed by atoms with Crippen LogP contribution < -0.4 is 15.0 Å². The quantitative estimate of drug-likeness (QED) is 0.189. The molecule has 37 heavy (non-hydrogen) atoms. The van der Waals surface area contributed by atoms with Gasteiger partial charge in [-0.1, -0.05) is 39.7 Å². The van der Waals surface area contributed by atoms with Crippen LogP contribution in [0.2, 0.25) is 5.02 Å². The Morgan fingerprint density at radius 3 is 2.76 bits per heavy atom. The second-order valence-electron chi connectivity index (χ2n) is 8.54. The van der Waals surface area contributed by atoms with Crippen molar-refractivity contribution < 1.29 is 13.9 Å². The Hall–Kier alpha value is -3.62. The maximum absolute atomic E-state index is 13.5. The largest absolute Gasteiger partial charge is 0.490 e. The minimum absolute atomic E-state index is 0.0783. The predicted octanol–water partition coefficient (Wildman–Crippen LogP) is 7.29. The normalized spacial score (nSPS) is 11.7. The summed E-state index contributed by atoms with van der Waals surface area (Å²) < 4.78 is 19.8. The SMILES string of the molecule is CCOc1cc(C=Nn2c(-c3cc4cc(Br)ccc4o3)nc3ccccc3c2=O)cc(Cl)c1OC(C)C. The number of nitrogens with zero attached hydrogens (tertiary/aromatic N) is 3. The van der Waals surface area contributed by atoms with Gasteiger partial charge in [0.05, 0.1) is 34.9 Å². The van der Waals surface area contributed by atoms with Crippen molar-refractivity contribution in [2.75, 3.05) is 6.61 Å². The van der Waals surface area contributed by atoms with Gasteiger partial charge in [-0.15, -0.1) is 0 Å². The molecule has 0 fully saturated rings. The lowest BCUT2D eigenvalue weighted by Crippen LogP contribution is -2.20. The molecule has 5 aromatic rings. The summed E-state index contributed by atoms with van der Waals surface area (Å²) in [7, 11) is 0. The van der Waals surface area contributed by atoms with Gasteiger partial charge in [0.25, 0.3) is 5.56 Å². The van der Waals surface area contributed by atoms with E-state index in [1.165, 1.54) is 10.9 Å². The summed E-state index contributed by atoms with van der Waals surface area (Å²) in [4.78, 5) is 18.2. The van der Waals surface area contributed by atoms with E-state index in [-0.39, 0.29) is 17.5 Å². The Balaban J connectivity index is 1.66. The van der Waals surface area contributed by atoms with Crippen molar-refractivity contribution in [2.45, 2.75) is 26.9 Å². The summed E-state index contributed by atoms with van der Waals surface area (Å²) in [5.74, 6) is 1.66. The van der Waals surface area contributed by atoms with Crippen molar-refractivity contribution in [2.24, 2.45) is 5.10 Å². The van der Waals surface area contributed by atoms with Gasteiger partial charge in [0, 0.05) is 9.86 Å². The van der Waals surface area contributed by atoms with Crippen LogP contribution in [0.3, 0.4) is 0 Å². The first-order chi connectivity index (χ1) is 17.8. The predicted molar refractivity (Wildman–Crippen MR) is 150 cm³/mol. The van der Waals surface area contributed by atoms with Crippen molar-refractivity contribution >= 4 is 55.6 Å². The van der Waals surface area contributed by atoms with E-state index in [2.05, 4.69) is 21.0 Å². The van der Waals surface area contributed by atoms with Crippen LogP contribution in [0.5, 0.6) is 11.5 Å². The molecule has 5 rings (SSSR count). The number of furan rings is 1. The lowest BCUT2D eigenvalue weighted by Gasteiger charge is -2.16. The summed E-state index contributed by atoms with van der Waals surface area (Å²) in [6.45, 7) is 6.15. The number of rotatable bonds is 7. The van der Waals surface area contributed by atoms with Crippen molar-refractivity contribution in [3.8, 4) is 23.1 Å². The van der Waals surface area contributed by atoms with Crippen LogP contribution in [0, 0.1) is 0 Å². The minimum atomic E-state index is -0.325. The number of fused-ring (bicyclic) bond motifs is 2. The zero-order valence-corrected chi connectivity index (χ0v) is 22.7. The van der Waals surface area contributed by atoms with Gasteiger partial charge in [-0.3, -0.25) is 4.79 Å². The maximum Gasteiger partial charge on any atom is 0.282 e. The highest BCUT2D eigenvalue weighted by Gasteiger charge is 2.17. The number of hydrogen-bond donors (Lipinski definition) is 0. The standard InChI is InChI=1S/C28H23BrClN3O4/c1-4-35-24-12-17(11-21(30)26(24)36-16(2)3)15-31-33-27(32-22-8-6-5-7-20(22)28(33)34)25-14-18-13-19(29)9-10-23(18)37-25/h5-16H,4H2,1-3H3. The fraction of sp³-hybridized carbons (Fsp3) is 0.179. The number of benzene rings is 3. The Morgan fingerprint density at radius 2 is 1.97 bits per heavy atom. The summed E-state index contributed by atoms with van der Waals surface area (Å²) in [5.41, 5.74) is 1.52. The molecule has 0 bridgehead atoms. The van der Waals surface area contributed by atoms with E-state index >= 15 is 0 Å². The van der Waals surface area contributed by atoms with Gasteiger partial charge in [0.15, 0.2) is 17.3 Å². The zero-order valence-electron chi connectivity index (χ0n) is 20.4. The molecular weight excluding hydrogens is 558 g/mol. The molecule has 0 saturated heterocycles. The Kier molecular flexibility index (Phi) is 7.04. The lowest BCUT2D eigenvalue weighted by atomic mass is 10.2. The highest BCUT2D eigenvalue weighted by Crippen LogP contribution is 2.37. The molecule has 0 amide bonds. The van der Waals surface area contributed by atoms with Gasteiger partial charge in [0.2, 0.25) is 5.82 Å². The third-order valence-electron chi connectivity index (χ3n) is 5.46. The third kappa shape index (κ3) is 5.12. The van der Waals surface area contributed by atoms with Gasteiger partial charge in [0.1, 0.15) is 5.58 Å². The van der Waals surface area contributed by atoms with E-state index < -0.39 is 0 Å². The monoisotopic (exact) mass is 579 g/mol. The number of aromatic nitrogens is 2. The molecule has 0 saturated carbocycles. The number of hydrogen-bond acceptors (Lipinski definition) is 6. The van der Waals surface area contributed by atoms with Crippen LogP contribution in [0.1, 0.15) is 26.3 Å². The molecule has 7 nitrogen and oxygen atoms in total. The van der Waals surface area contributed by atoms with Gasteiger partial charge in [-0.2, -0.15) is 9.78 Å². The van der Waals surface area contributed by atoms with E-state index in [1.807, 2.05) is 51.1 Å². The molecule has 0 spiro atoms. The molecule has 188 valence electrons. The molecule has 0 radical (unpaired) electrons. The molecule has 0 N–H and O–H groups in total. The fourth-order valence-corrected chi connectivity index (χ4v) is 4.56. The van der Waals surface area contributed by atoms with E-state index in [1.54, 1.807) is 30.3 Å². The molecule has 0 aliphatic rings. The maximum atomic E-state index is 13.5. The molecule has 9 heteroatoms. The van der Waals surface area contributed by atoms with Crippen molar-refractivity contribution in [3.05, 3.63) is 86.1 Å². The summed E-state index contributed by atoms with van der Waals surface area (Å²) in [5, 5.41) is 6.21. The third-order valence-corrected chi connectivity index (χ3v) is 6.23. The molecule has 2 heterocycles. The molecule has 2 aromatic heterocycles. The van der Waals surface area contributed by atoms with Crippen LogP contribution >= 0.6 is 27.5 Å². The Morgan fingerprint density at radius 1 is 1.16 bits per heavy atom. The second kappa shape index (κ2) is 10.4. The van der Waals surface area contributed by atoms with E-state index in [0.717, 1.165) is 9.86 Å². The summed E-state index contributed by atoms with van der Waals surface area (Å²) >= 11 is 10.0.